The van der Waals surface area contributed by atoms with Gasteiger partial charge in [-0.15, -0.1) is 11.3 Å². The van der Waals surface area contributed by atoms with E-state index in [1.807, 2.05) is 0 Å². The van der Waals surface area contributed by atoms with Crippen LogP contribution in [0.15, 0.2) is 14.8 Å². The summed E-state index contributed by atoms with van der Waals surface area (Å²) in [7, 11) is -3.95. The standard InChI is InChI=1S/C4HCl2N3O2S2/c5-2-1-3(12-4(2)6)13(10,11)9-8-7/h1H. The smallest absolute Gasteiger partial charge is 0.215 e. The molecule has 70 valence electrons. The van der Waals surface area contributed by atoms with E-state index in [1.165, 1.54) is 0 Å². The highest BCUT2D eigenvalue weighted by atomic mass is 35.5. The Hall–Kier alpha value is -0.460. The average molecular weight is 258 g/mol. The molecule has 9 heteroatoms. The summed E-state index contributed by atoms with van der Waals surface area (Å²) in [4.78, 5) is 2.18. The maximum atomic E-state index is 11.1. The summed E-state index contributed by atoms with van der Waals surface area (Å²) in [5, 5.41) is 0.124. The van der Waals surface area contributed by atoms with Gasteiger partial charge in [0.25, 0.3) is 10.0 Å². The molecule has 0 fully saturated rings. The first-order valence-corrected chi connectivity index (χ1v) is 5.75. The fourth-order valence-electron chi connectivity index (χ4n) is 0.542. The van der Waals surface area contributed by atoms with Crippen LogP contribution in [-0.4, -0.2) is 8.42 Å². The minimum Gasteiger partial charge on any atom is -0.215 e. The SMILES string of the molecule is [N-]=[N+]=NS(=O)(=O)c1cc(Cl)c(Cl)s1. The molecule has 0 radical (unpaired) electrons. The van der Waals surface area contributed by atoms with Gasteiger partial charge in [0.05, 0.1) is 5.02 Å². The Labute approximate surface area is 87.6 Å². The fourth-order valence-corrected chi connectivity index (χ4v) is 3.06. The molecule has 1 aromatic rings. The Morgan fingerprint density at radius 1 is 1.54 bits per heavy atom. The van der Waals surface area contributed by atoms with Gasteiger partial charge in [-0.3, -0.25) is 0 Å². The van der Waals surface area contributed by atoms with Crippen molar-refractivity contribution in [2.24, 2.45) is 4.52 Å². The lowest BCUT2D eigenvalue weighted by Crippen LogP contribution is -1.89. The second kappa shape index (κ2) is 3.73. The van der Waals surface area contributed by atoms with Gasteiger partial charge >= 0.3 is 0 Å². The lowest BCUT2D eigenvalue weighted by molar-refractivity contribution is 0.599. The summed E-state index contributed by atoms with van der Waals surface area (Å²) in [5.41, 5.74) is 7.96. The molecule has 5 nitrogen and oxygen atoms in total. The highest BCUT2D eigenvalue weighted by Crippen LogP contribution is 2.34. The Morgan fingerprint density at radius 2 is 2.15 bits per heavy atom. The van der Waals surface area contributed by atoms with Crippen molar-refractivity contribution in [1.29, 1.82) is 0 Å². The first kappa shape index (κ1) is 10.6. The Balaban J connectivity index is 3.31. The van der Waals surface area contributed by atoms with Gasteiger partial charge in [-0.2, -0.15) is 0 Å². The van der Waals surface area contributed by atoms with Crippen LogP contribution in [0.1, 0.15) is 0 Å². The zero-order valence-electron chi connectivity index (χ0n) is 5.81. The molecule has 0 bridgehead atoms. The summed E-state index contributed by atoms with van der Waals surface area (Å²) >= 11 is 11.8. The van der Waals surface area contributed by atoms with Crippen LogP contribution in [0.3, 0.4) is 0 Å². The van der Waals surface area contributed by atoms with E-state index < -0.39 is 10.0 Å². The van der Waals surface area contributed by atoms with Gasteiger partial charge in [0.2, 0.25) is 0 Å². The van der Waals surface area contributed by atoms with Crippen LogP contribution in [0, 0.1) is 0 Å². The number of azide groups is 1. The van der Waals surface area contributed by atoms with E-state index in [2.05, 4.69) is 9.43 Å². The molecule has 0 aromatic carbocycles. The van der Waals surface area contributed by atoms with E-state index in [0.717, 1.165) is 17.4 Å². The van der Waals surface area contributed by atoms with Crippen molar-refractivity contribution in [3.8, 4) is 0 Å². The molecule has 0 saturated carbocycles. The summed E-state index contributed by atoms with van der Waals surface area (Å²) in [6.07, 6.45) is 0. The van der Waals surface area contributed by atoms with Gasteiger partial charge < -0.3 is 0 Å². The molecule has 0 aliphatic carbocycles. The minimum atomic E-state index is -3.95. The predicted molar refractivity (Wildman–Crippen MR) is 50.7 cm³/mol. The van der Waals surface area contributed by atoms with E-state index in [-0.39, 0.29) is 13.6 Å². The van der Waals surface area contributed by atoms with Crippen LogP contribution in [-0.2, 0) is 10.0 Å². The Bertz CT molecular complexity index is 454. The molecule has 0 aliphatic heterocycles. The Kier molecular flexibility index (Phi) is 3.05. The van der Waals surface area contributed by atoms with Crippen LogP contribution in [0.2, 0.25) is 9.36 Å². The molecule has 0 saturated heterocycles. The minimum absolute atomic E-state index is 0.124. The lowest BCUT2D eigenvalue weighted by Gasteiger charge is -1.86. The van der Waals surface area contributed by atoms with E-state index in [9.17, 15) is 8.42 Å². The third kappa shape index (κ3) is 2.26. The van der Waals surface area contributed by atoms with Crippen LogP contribution in [0.5, 0.6) is 0 Å². The highest BCUT2D eigenvalue weighted by Gasteiger charge is 2.17. The summed E-state index contributed by atoms with van der Waals surface area (Å²) < 4.78 is 24.7. The quantitative estimate of drug-likeness (QED) is 0.464. The monoisotopic (exact) mass is 257 g/mol. The van der Waals surface area contributed by atoms with Crippen LogP contribution < -0.4 is 0 Å². The average Bonchev–Trinajstić information content (AvgIpc) is 2.33. The zero-order chi connectivity index (χ0) is 10.1. The van der Waals surface area contributed by atoms with E-state index in [4.69, 9.17) is 28.7 Å². The molecule has 13 heavy (non-hydrogen) atoms. The van der Waals surface area contributed by atoms with Gasteiger partial charge in [0, 0.05) is 9.43 Å². The van der Waals surface area contributed by atoms with Crippen molar-refractivity contribution < 1.29 is 8.42 Å². The van der Waals surface area contributed by atoms with Gasteiger partial charge in [-0.05, 0) is 11.6 Å². The van der Waals surface area contributed by atoms with Crippen LogP contribution in [0.4, 0.5) is 0 Å². The van der Waals surface area contributed by atoms with Crippen LogP contribution in [0.25, 0.3) is 10.4 Å². The number of sulfonamides is 1. The number of rotatable bonds is 2. The zero-order valence-corrected chi connectivity index (χ0v) is 8.95. The molecule has 0 spiro atoms. The third-order valence-electron chi connectivity index (χ3n) is 1.02. The number of nitrogens with zero attached hydrogens (tertiary/aromatic N) is 3. The predicted octanol–water partition coefficient (Wildman–Crippen LogP) is 3.05. The molecule has 0 atom stereocenters. The molecule has 0 N–H and O–H groups in total. The summed E-state index contributed by atoms with van der Waals surface area (Å²) in [6.45, 7) is 0. The molecule has 0 amide bonds. The topological polar surface area (TPSA) is 82.9 Å². The van der Waals surface area contributed by atoms with Gasteiger partial charge in [-0.1, -0.05) is 23.2 Å². The fraction of sp³-hybridized carbons (Fsp3) is 0. The van der Waals surface area contributed by atoms with Crippen molar-refractivity contribution in [2.75, 3.05) is 0 Å². The first-order valence-electron chi connectivity index (χ1n) is 2.73. The second-order valence-corrected chi connectivity index (χ2v) is 5.71. The first-order chi connectivity index (χ1) is 5.97. The summed E-state index contributed by atoms with van der Waals surface area (Å²) in [5.74, 6) is 0. The number of hydrogen-bond donors (Lipinski definition) is 0. The van der Waals surface area contributed by atoms with E-state index >= 15 is 0 Å². The maximum Gasteiger partial charge on any atom is 0.273 e. The number of halogens is 2. The van der Waals surface area contributed by atoms with Crippen molar-refractivity contribution >= 4 is 44.6 Å². The van der Waals surface area contributed by atoms with E-state index in [0.29, 0.717) is 0 Å². The van der Waals surface area contributed by atoms with Crippen molar-refractivity contribution in [3.05, 3.63) is 25.9 Å². The van der Waals surface area contributed by atoms with E-state index in [1.54, 1.807) is 0 Å². The molecule has 1 rings (SSSR count). The van der Waals surface area contributed by atoms with Gasteiger partial charge in [0.1, 0.15) is 8.55 Å². The van der Waals surface area contributed by atoms with Crippen molar-refractivity contribution in [1.82, 2.24) is 0 Å². The maximum absolute atomic E-state index is 11.1. The van der Waals surface area contributed by atoms with Crippen molar-refractivity contribution in [3.63, 3.8) is 0 Å². The van der Waals surface area contributed by atoms with Crippen molar-refractivity contribution in [2.45, 2.75) is 4.21 Å². The van der Waals surface area contributed by atoms with Gasteiger partial charge in [-0.25, -0.2) is 8.42 Å². The molecule has 1 aromatic heterocycles. The molecular weight excluding hydrogens is 257 g/mol. The summed E-state index contributed by atoms with van der Waals surface area (Å²) in [6, 6.07) is 1.14. The third-order valence-corrected chi connectivity index (χ3v) is 4.48. The molecule has 0 unspecified atom stereocenters. The molecule has 1 heterocycles. The highest BCUT2D eigenvalue weighted by molar-refractivity contribution is 7.92. The lowest BCUT2D eigenvalue weighted by atomic mass is 10.7. The normalized spacial score (nSPS) is 10.9. The number of thiophene rings is 1. The van der Waals surface area contributed by atoms with Crippen LogP contribution >= 0.6 is 34.5 Å². The number of hydrogen-bond acceptors (Lipinski definition) is 3. The van der Waals surface area contributed by atoms with Gasteiger partial charge in [0.15, 0.2) is 0 Å². The second-order valence-electron chi connectivity index (χ2n) is 1.83. The largest absolute Gasteiger partial charge is 0.273 e. The molecular formula is C4HCl2N3O2S2. The Morgan fingerprint density at radius 3 is 2.54 bits per heavy atom. The molecule has 0 aliphatic rings.